The predicted molar refractivity (Wildman–Crippen MR) is 76.4 cm³/mol. The van der Waals surface area contributed by atoms with E-state index in [1.54, 1.807) is 0 Å². The Morgan fingerprint density at radius 2 is 2.00 bits per heavy atom. The van der Waals surface area contributed by atoms with Crippen molar-refractivity contribution in [1.82, 2.24) is 10.2 Å². The molecule has 0 bridgehead atoms. The van der Waals surface area contributed by atoms with Gasteiger partial charge in [0.15, 0.2) is 0 Å². The molecular weight excluding hydrogens is 208 g/mol. The van der Waals surface area contributed by atoms with Gasteiger partial charge in [0.05, 0.1) is 0 Å². The average molecular weight is 240 g/mol. The highest BCUT2D eigenvalue weighted by atomic mass is 15.2. The molecule has 2 nitrogen and oxygen atoms in total. The normalized spacial score (nSPS) is 28.9. The second-order valence-corrected chi connectivity index (χ2v) is 6.70. The first-order valence-corrected chi connectivity index (χ1v) is 7.34. The molecule has 0 saturated heterocycles. The van der Waals surface area contributed by atoms with E-state index in [0.717, 1.165) is 0 Å². The average Bonchev–Trinajstić information content (AvgIpc) is 2.24. The van der Waals surface area contributed by atoms with Crippen molar-refractivity contribution in [2.45, 2.75) is 78.4 Å². The summed E-state index contributed by atoms with van der Waals surface area (Å²) >= 11 is 0. The van der Waals surface area contributed by atoms with Crippen molar-refractivity contribution < 1.29 is 0 Å². The van der Waals surface area contributed by atoms with E-state index in [2.05, 4.69) is 51.9 Å². The number of nitrogens with zero attached hydrogens (tertiary/aromatic N) is 1. The molecule has 1 fully saturated rings. The third-order valence-electron chi connectivity index (χ3n) is 4.30. The molecule has 2 heteroatoms. The number of nitrogens with one attached hydrogen (secondary N) is 1. The Hall–Kier alpha value is -0.0800. The lowest BCUT2D eigenvalue weighted by Crippen LogP contribution is -2.56. The standard InChI is InChI=1S/C15H32N2/c1-7-10-17(12(2)3)14-11-15(4,5)9-8-13(14)16-6/h12-14,16H,7-11H2,1-6H3. The Balaban J connectivity index is 2.79. The van der Waals surface area contributed by atoms with E-state index in [1.165, 1.54) is 32.2 Å². The molecule has 1 aliphatic rings. The second-order valence-electron chi connectivity index (χ2n) is 6.70. The summed E-state index contributed by atoms with van der Waals surface area (Å²) in [4.78, 5) is 2.71. The molecule has 1 saturated carbocycles. The number of hydrogen-bond donors (Lipinski definition) is 1. The minimum Gasteiger partial charge on any atom is -0.315 e. The lowest BCUT2D eigenvalue weighted by Gasteiger charge is -2.47. The molecule has 0 aromatic carbocycles. The van der Waals surface area contributed by atoms with Gasteiger partial charge in [-0.3, -0.25) is 4.90 Å². The van der Waals surface area contributed by atoms with Crippen LogP contribution in [0.1, 0.15) is 60.3 Å². The lowest BCUT2D eigenvalue weighted by atomic mass is 9.72. The summed E-state index contributed by atoms with van der Waals surface area (Å²) in [5.41, 5.74) is 0.513. The molecule has 1 rings (SSSR count). The van der Waals surface area contributed by atoms with E-state index < -0.39 is 0 Å². The summed E-state index contributed by atoms with van der Waals surface area (Å²) in [6.45, 7) is 13.1. The molecule has 0 amide bonds. The molecule has 17 heavy (non-hydrogen) atoms. The van der Waals surface area contributed by atoms with Gasteiger partial charge in [-0.2, -0.15) is 0 Å². The quantitative estimate of drug-likeness (QED) is 0.793. The van der Waals surface area contributed by atoms with Gasteiger partial charge in [-0.15, -0.1) is 0 Å². The van der Waals surface area contributed by atoms with E-state index in [9.17, 15) is 0 Å². The van der Waals surface area contributed by atoms with Crippen LogP contribution in [0.25, 0.3) is 0 Å². The monoisotopic (exact) mass is 240 g/mol. The molecule has 2 atom stereocenters. The summed E-state index contributed by atoms with van der Waals surface area (Å²) in [6, 6.07) is 2.05. The third kappa shape index (κ3) is 3.96. The van der Waals surface area contributed by atoms with Gasteiger partial charge < -0.3 is 5.32 Å². The second kappa shape index (κ2) is 6.19. The first-order chi connectivity index (χ1) is 7.91. The van der Waals surface area contributed by atoms with Crippen molar-refractivity contribution in [1.29, 1.82) is 0 Å². The maximum absolute atomic E-state index is 3.54. The fourth-order valence-electron chi connectivity index (χ4n) is 3.30. The van der Waals surface area contributed by atoms with Crippen LogP contribution in [-0.2, 0) is 0 Å². The van der Waals surface area contributed by atoms with Gasteiger partial charge in [-0.05, 0) is 58.5 Å². The SMILES string of the molecule is CCCN(C(C)C)C1CC(C)(C)CCC1NC. The molecular formula is C15H32N2. The Morgan fingerprint density at radius 1 is 1.35 bits per heavy atom. The molecule has 0 spiro atoms. The van der Waals surface area contributed by atoms with E-state index in [0.29, 0.717) is 23.5 Å². The molecule has 0 radical (unpaired) electrons. The summed E-state index contributed by atoms with van der Waals surface area (Å²) < 4.78 is 0. The summed E-state index contributed by atoms with van der Waals surface area (Å²) in [5.74, 6) is 0. The van der Waals surface area contributed by atoms with E-state index >= 15 is 0 Å². The third-order valence-corrected chi connectivity index (χ3v) is 4.30. The lowest BCUT2D eigenvalue weighted by molar-refractivity contribution is 0.0472. The number of hydrogen-bond acceptors (Lipinski definition) is 2. The zero-order valence-electron chi connectivity index (χ0n) is 12.7. The predicted octanol–water partition coefficient (Wildman–Crippen LogP) is 3.27. The Labute approximate surface area is 108 Å². The molecule has 1 aliphatic carbocycles. The fraction of sp³-hybridized carbons (Fsp3) is 1.00. The Kier molecular flexibility index (Phi) is 5.46. The molecule has 1 N–H and O–H groups in total. The van der Waals surface area contributed by atoms with Gasteiger partial charge in [0.2, 0.25) is 0 Å². The van der Waals surface area contributed by atoms with Crippen LogP contribution < -0.4 is 5.32 Å². The largest absolute Gasteiger partial charge is 0.315 e. The Morgan fingerprint density at radius 3 is 2.47 bits per heavy atom. The molecule has 0 aliphatic heterocycles. The molecule has 0 heterocycles. The van der Waals surface area contributed by atoms with Gasteiger partial charge >= 0.3 is 0 Å². The van der Waals surface area contributed by atoms with Crippen molar-refractivity contribution in [2.24, 2.45) is 5.41 Å². The fourth-order valence-corrected chi connectivity index (χ4v) is 3.30. The van der Waals surface area contributed by atoms with Crippen LogP contribution in [0.5, 0.6) is 0 Å². The van der Waals surface area contributed by atoms with Crippen LogP contribution >= 0.6 is 0 Å². The van der Waals surface area contributed by atoms with Crippen molar-refractivity contribution in [2.75, 3.05) is 13.6 Å². The zero-order chi connectivity index (χ0) is 13.1. The van der Waals surface area contributed by atoms with E-state index in [-0.39, 0.29) is 0 Å². The van der Waals surface area contributed by atoms with Crippen LogP contribution in [0.2, 0.25) is 0 Å². The van der Waals surface area contributed by atoms with Crippen LogP contribution in [0.4, 0.5) is 0 Å². The van der Waals surface area contributed by atoms with Crippen LogP contribution in [0, 0.1) is 5.41 Å². The summed E-state index contributed by atoms with van der Waals surface area (Å²) in [6.07, 6.45) is 5.26. The van der Waals surface area contributed by atoms with Gasteiger partial charge in [0.1, 0.15) is 0 Å². The van der Waals surface area contributed by atoms with Gasteiger partial charge in [0, 0.05) is 18.1 Å². The van der Waals surface area contributed by atoms with Crippen molar-refractivity contribution >= 4 is 0 Å². The minimum absolute atomic E-state index is 0.513. The first-order valence-electron chi connectivity index (χ1n) is 7.34. The van der Waals surface area contributed by atoms with Crippen LogP contribution in [-0.4, -0.2) is 36.6 Å². The minimum atomic E-state index is 0.513. The molecule has 2 unspecified atom stereocenters. The van der Waals surface area contributed by atoms with E-state index in [1.807, 2.05) is 0 Å². The highest BCUT2D eigenvalue weighted by Gasteiger charge is 2.37. The van der Waals surface area contributed by atoms with Crippen LogP contribution in [0.15, 0.2) is 0 Å². The smallest absolute Gasteiger partial charge is 0.0257 e. The number of likely N-dealkylation sites (N-methyl/N-ethyl adjacent to an activating group) is 1. The van der Waals surface area contributed by atoms with Crippen molar-refractivity contribution in [3.63, 3.8) is 0 Å². The van der Waals surface area contributed by atoms with Gasteiger partial charge in [-0.25, -0.2) is 0 Å². The molecule has 102 valence electrons. The maximum Gasteiger partial charge on any atom is 0.0257 e. The highest BCUT2D eigenvalue weighted by Crippen LogP contribution is 2.38. The number of rotatable bonds is 5. The highest BCUT2D eigenvalue weighted by molar-refractivity contribution is 4.94. The van der Waals surface area contributed by atoms with Crippen molar-refractivity contribution in [3.05, 3.63) is 0 Å². The zero-order valence-corrected chi connectivity index (χ0v) is 12.7. The van der Waals surface area contributed by atoms with Crippen molar-refractivity contribution in [3.8, 4) is 0 Å². The van der Waals surface area contributed by atoms with E-state index in [4.69, 9.17) is 0 Å². The van der Waals surface area contributed by atoms with Gasteiger partial charge in [0.25, 0.3) is 0 Å². The molecule has 0 aromatic rings. The Bertz CT molecular complexity index is 223. The van der Waals surface area contributed by atoms with Crippen LogP contribution in [0.3, 0.4) is 0 Å². The molecule has 0 aromatic heterocycles. The van der Waals surface area contributed by atoms with Gasteiger partial charge in [-0.1, -0.05) is 20.8 Å². The first kappa shape index (κ1) is 15.0. The summed E-state index contributed by atoms with van der Waals surface area (Å²) in [7, 11) is 2.13. The topological polar surface area (TPSA) is 15.3 Å². The summed E-state index contributed by atoms with van der Waals surface area (Å²) in [5, 5.41) is 3.54. The maximum atomic E-state index is 3.54.